The average molecular weight is 355 g/mol. The van der Waals surface area contributed by atoms with Crippen molar-refractivity contribution in [1.82, 2.24) is 14.3 Å². The number of fused-ring (bicyclic) bond motifs is 1. The molecule has 1 aromatic carbocycles. The summed E-state index contributed by atoms with van der Waals surface area (Å²) in [5.41, 5.74) is 0.966. The summed E-state index contributed by atoms with van der Waals surface area (Å²) in [6.07, 6.45) is 2.90. The zero-order chi connectivity index (χ0) is 18.7. The van der Waals surface area contributed by atoms with Crippen molar-refractivity contribution >= 4 is 11.6 Å². The van der Waals surface area contributed by atoms with Crippen LogP contribution in [0, 0.1) is 12.7 Å². The van der Waals surface area contributed by atoms with E-state index < -0.39 is 11.5 Å². The van der Waals surface area contributed by atoms with E-state index in [9.17, 15) is 14.0 Å². The standard InChI is InChI=1S/C19H18FN3O3/c1-13-4-3-9-23-17(13)21-12-16(19(23)25)18(24)22(2)10-11-26-15-7-5-14(20)6-8-15/h3-9,12H,10-11H2,1-2H3. The molecule has 2 heterocycles. The lowest BCUT2D eigenvalue weighted by molar-refractivity contribution is 0.0771. The van der Waals surface area contributed by atoms with E-state index in [0.717, 1.165) is 5.56 Å². The molecule has 0 aliphatic carbocycles. The third-order valence-corrected chi connectivity index (χ3v) is 4.01. The van der Waals surface area contributed by atoms with Gasteiger partial charge in [-0.25, -0.2) is 9.37 Å². The predicted molar refractivity (Wildman–Crippen MR) is 95.1 cm³/mol. The van der Waals surface area contributed by atoms with Crippen LogP contribution < -0.4 is 10.3 Å². The Hall–Kier alpha value is -3.22. The molecule has 0 aliphatic rings. The third kappa shape index (κ3) is 3.56. The van der Waals surface area contributed by atoms with Crippen LogP contribution in [-0.4, -0.2) is 40.4 Å². The maximum atomic E-state index is 12.9. The highest BCUT2D eigenvalue weighted by molar-refractivity contribution is 5.93. The lowest BCUT2D eigenvalue weighted by atomic mass is 10.2. The Morgan fingerprint density at radius 1 is 1.27 bits per heavy atom. The first-order valence-corrected chi connectivity index (χ1v) is 8.08. The number of nitrogens with zero attached hydrogens (tertiary/aromatic N) is 3. The molecule has 0 aliphatic heterocycles. The van der Waals surface area contributed by atoms with Gasteiger partial charge in [0.2, 0.25) is 0 Å². The maximum Gasteiger partial charge on any atom is 0.270 e. The second-order valence-corrected chi connectivity index (χ2v) is 5.89. The van der Waals surface area contributed by atoms with Gasteiger partial charge in [-0.05, 0) is 42.8 Å². The molecule has 2 aromatic heterocycles. The van der Waals surface area contributed by atoms with Gasteiger partial charge in [-0.2, -0.15) is 0 Å². The van der Waals surface area contributed by atoms with E-state index in [0.29, 0.717) is 11.4 Å². The zero-order valence-corrected chi connectivity index (χ0v) is 14.5. The number of hydrogen-bond donors (Lipinski definition) is 0. The number of aromatic nitrogens is 2. The van der Waals surface area contributed by atoms with E-state index in [1.165, 1.54) is 39.8 Å². The number of halogens is 1. The number of pyridine rings is 1. The quantitative estimate of drug-likeness (QED) is 0.704. The normalized spacial score (nSPS) is 10.7. The van der Waals surface area contributed by atoms with Gasteiger partial charge in [-0.1, -0.05) is 6.07 Å². The Labute approximate surface area is 149 Å². The van der Waals surface area contributed by atoms with Crippen molar-refractivity contribution in [2.24, 2.45) is 0 Å². The number of amides is 1. The van der Waals surface area contributed by atoms with E-state index in [4.69, 9.17) is 4.74 Å². The molecule has 0 spiro atoms. The van der Waals surface area contributed by atoms with Gasteiger partial charge in [-0.3, -0.25) is 14.0 Å². The molecule has 3 aromatic rings. The summed E-state index contributed by atoms with van der Waals surface area (Å²) >= 11 is 0. The fraction of sp³-hybridized carbons (Fsp3) is 0.211. The first-order valence-electron chi connectivity index (χ1n) is 8.08. The first kappa shape index (κ1) is 17.6. The van der Waals surface area contributed by atoms with Gasteiger partial charge >= 0.3 is 0 Å². The average Bonchev–Trinajstić information content (AvgIpc) is 2.64. The van der Waals surface area contributed by atoms with Crippen LogP contribution in [0.2, 0.25) is 0 Å². The van der Waals surface area contributed by atoms with Crippen LogP contribution in [-0.2, 0) is 0 Å². The molecule has 7 heteroatoms. The number of ether oxygens (including phenoxy) is 1. The van der Waals surface area contributed by atoms with Gasteiger partial charge in [0, 0.05) is 19.4 Å². The van der Waals surface area contributed by atoms with Gasteiger partial charge in [0.15, 0.2) is 0 Å². The molecular formula is C19H18FN3O3. The SMILES string of the molecule is Cc1cccn2c(=O)c(C(=O)N(C)CCOc3ccc(F)cc3)cnc12. The number of rotatable bonds is 5. The van der Waals surface area contributed by atoms with Gasteiger partial charge in [0.25, 0.3) is 11.5 Å². The molecule has 3 rings (SSSR count). The molecular weight excluding hydrogens is 337 g/mol. The fourth-order valence-corrected chi connectivity index (χ4v) is 2.53. The van der Waals surface area contributed by atoms with E-state index in [1.807, 2.05) is 13.0 Å². The summed E-state index contributed by atoms with van der Waals surface area (Å²) in [5.74, 6) is -0.263. The van der Waals surface area contributed by atoms with E-state index in [1.54, 1.807) is 19.3 Å². The van der Waals surface area contributed by atoms with Gasteiger partial charge in [0.05, 0.1) is 6.54 Å². The summed E-state index contributed by atoms with van der Waals surface area (Å²) in [6.45, 7) is 2.34. The van der Waals surface area contributed by atoms with Gasteiger partial charge in [0.1, 0.15) is 29.4 Å². The minimum Gasteiger partial charge on any atom is -0.492 e. The molecule has 26 heavy (non-hydrogen) atoms. The highest BCUT2D eigenvalue weighted by Gasteiger charge is 2.17. The van der Waals surface area contributed by atoms with Crippen molar-refractivity contribution in [3.05, 3.63) is 76.1 Å². The van der Waals surface area contributed by atoms with Crippen molar-refractivity contribution in [2.75, 3.05) is 20.2 Å². The van der Waals surface area contributed by atoms with Crippen LogP contribution in [0.1, 0.15) is 15.9 Å². The molecule has 0 bridgehead atoms. The number of hydrogen-bond acceptors (Lipinski definition) is 4. The summed E-state index contributed by atoms with van der Waals surface area (Å²) < 4.78 is 19.7. The summed E-state index contributed by atoms with van der Waals surface area (Å²) in [5, 5.41) is 0. The molecule has 1 amide bonds. The smallest absolute Gasteiger partial charge is 0.270 e. The zero-order valence-electron chi connectivity index (χ0n) is 14.5. The predicted octanol–water partition coefficient (Wildman–Crippen LogP) is 2.29. The first-order chi connectivity index (χ1) is 12.5. The van der Waals surface area contributed by atoms with E-state index in [-0.39, 0.29) is 24.5 Å². The van der Waals surface area contributed by atoms with E-state index >= 15 is 0 Å². The lowest BCUT2D eigenvalue weighted by Crippen LogP contribution is -2.35. The number of carbonyl (C=O) groups excluding carboxylic acids is 1. The third-order valence-electron chi connectivity index (χ3n) is 4.01. The Bertz CT molecular complexity index is 999. The molecule has 6 nitrogen and oxygen atoms in total. The van der Waals surface area contributed by atoms with Crippen LogP contribution >= 0.6 is 0 Å². The Balaban J connectivity index is 1.70. The monoisotopic (exact) mass is 355 g/mol. The minimum absolute atomic E-state index is 0.00242. The second kappa shape index (κ2) is 7.35. The van der Waals surface area contributed by atoms with Gasteiger partial charge < -0.3 is 9.64 Å². The second-order valence-electron chi connectivity index (χ2n) is 5.89. The van der Waals surface area contributed by atoms with Crippen molar-refractivity contribution < 1.29 is 13.9 Å². The molecule has 0 radical (unpaired) electrons. The maximum absolute atomic E-state index is 12.9. The Kier molecular flexibility index (Phi) is 4.97. The molecule has 0 saturated carbocycles. The lowest BCUT2D eigenvalue weighted by Gasteiger charge is -2.17. The van der Waals surface area contributed by atoms with Crippen LogP contribution in [0.15, 0.2) is 53.6 Å². The van der Waals surface area contributed by atoms with Crippen molar-refractivity contribution in [1.29, 1.82) is 0 Å². The summed E-state index contributed by atoms with van der Waals surface area (Å²) in [7, 11) is 1.58. The topological polar surface area (TPSA) is 63.9 Å². The molecule has 0 unspecified atom stereocenters. The molecule has 134 valence electrons. The largest absolute Gasteiger partial charge is 0.492 e. The molecule has 0 N–H and O–H groups in total. The summed E-state index contributed by atoms with van der Waals surface area (Å²) in [4.78, 5) is 30.7. The van der Waals surface area contributed by atoms with Crippen molar-refractivity contribution in [2.45, 2.75) is 6.92 Å². The minimum atomic E-state index is -0.430. The molecule has 0 atom stereocenters. The highest BCUT2D eigenvalue weighted by Crippen LogP contribution is 2.11. The van der Waals surface area contributed by atoms with Crippen LogP contribution in [0.4, 0.5) is 4.39 Å². The number of benzene rings is 1. The molecule has 0 saturated heterocycles. The van der Waals surface area contributed by atoms with Crippen LogP contribution in [0.3, 0.4) is 0 Å². The number of carbonyl (C=O) groups is 1. The van der Waals surface area contributed by atoms with Crippen molar-refractivity contribution in [3.8, 4) is 5.75 Å². The summed E-state index contributed by atoms with van der Waals surface area (Å²) in [6, 6.07) is 9.21. The fourth-order valence-electron chi connectivity index (χ4n) is 2.53. The number of aryl methyl sites for hydroxylation is 1. The van der Waals surface area contributed by atoms with Gasteiger partial charge in [-0.15, -0.1) is 0 Å². The number of likely N-dealkylation sites (N-methyl/N-ethyl adjacent to an activating group) is 1. The van der Waals surface area contributed by atoms with Crippen molar-refractivity contribution in [3.63, 3.8) is 0 Å². The highest BCUT2D eigenvalue weighted by atomic mass is 19.1. The Morgan fingerprint density at radius 3 is 2.73 bits per heavy atom. The van der Waals surface area contributed by atoms with E-state index in [2.05, 4.69) is 4.98 Å². The Morgan fingerprint density at radius 2 is 2.00 bits per heavy atom. The molecule has 0 fully saturated rings. The van der Waals surface area contributed by atoms with Crippen LogP contribution in [0.5, 0.6) is 5.75 Å². The van der Waals surface area contributed by atoms with Crippen LogP contribution in [0.25, 0.3) is 5.65 Å².